The van der Waals surface area contributed by atoms with E-state index in [1.165, 1.54) is 0 Å². The number of alkyl halides is 2. The lowest BCUT2D eigenvalue weighted by molar-refractivity contribution is 0.0498. The first-order chi connectivity index (χ1) is 8.13. The number of carbonyl (C=O) groups is 1. The van der Waals surface area contributed by atoms with E-state index in [9.17, 15) is 9.18 Å². The summed E-state index contributed by atoms with van der Waals surface area (Å²) in [6, 6.07) is 8.49. The van der Waals surface area contributed by atoms with Crippen LogP contribution in [0.3, 0.4) is 0 Å². The van der Waals surface area contributed by atoms with Gasteiger partial charge < -0.3 is 10.1 Å². The van der Waals surface area contributed by atoms with Gasteiger partial charge in [0.25, 0.3) is 0 Å². The van der Waals surface area contributed by atoms with Crippen LogP contribution in [0.25, 0.3) is 0 Å². The summed E-state index contributed by atoms with van der Waals surface area (Å²) in [7, 11) is 0. The Bertz CT molecular complexity index is 372. The molecule has 92 valence electrons. The van der Waals surface area contributed by atoms with Crippen molar-refractivity contribution in [3.63, 3.8) is 0 Å². The zero-order valence-electron chi connectivity index (χ0n) is 9.11. The Kier molecular flexibility index (Phi) is 5.63. The monoisotopic (exact) mass is 257 g/mol. The lowest BCUT2D eigenvalue weighted by Crippen LogP contribution is -2.18. The topological polar surface area (TPSA) is 50.1 Å². The fourth-order valence-electron chi connectivity index (χ4n) is 1.20. The third kappa shape index (κ3) is 4.95. The number of rotatable bonds is 6. The largest absolute Gasteiger partial charge is 0.461 e. The Balaban J connectivity index is 2.36. The lowest BCUT2D eigenvalue weighted by Gasteiger charge is -2.10. The van der Waals surface area contributed by atoms with E-state index in [0.717, 1.165) is 0 Å². The number of halogens is 2. The maximum atomic E-state index is 12.8. The molecule has 0 saturated heterocycles. The molecule has 0 fully saturated rings. The molecule has 0 amide bonds. The van der Waals surface area contributed by atoms with Crippen LogP contribution in [0.1, 0.15) is 16.8 Å². The first-order valence-corrected chi connectivity index (χ1v) is 5.58. The number of esters is 1. The molecule has 1 rings (SSSR count). The normalized spacial score (nSPS) is 13.8. The average molecular weight is 258 g/mol. The van der Waals surface area contributed by atoms with Crippen molar-refractivity contribution in [3.05, 3.63) is 35.9 Å². The molecule has 0 aromatic heterocycles. The minimum Gasteiger partial charge on any atom is -0.461 e. The molecule has 1 aromatic rings. The minimum atomic E-state index is -1.40. The molecule has 0 heterocycles. The summed E-state index contributed by atoms with van der Waals surface area (Å²) in [6.45, 7) is -0.0659. The van der Waals surface area contributed by atoms with Crippen molar-refractivity contribution in [2.75, 3.05) is 6.61 Å². The van der Waals surface area contributed by atoms with Crippen LogP contribution in [-0.2, 0) is 4.74 Å². The number of hydrogen-bond acceptors (Lipinski definition) is 3. The van der Waals surface area contributed by atoms with Crippen LogP contribution in [0.2, 0.25) is 0 Å². The minimum absolute atomic E-state index is 0.0346. The summed E-state index contributed by atoms with van der Waals surface area (Å²) < 4.78 is 17.7. The van der Waals surface area contributed by atoms with Gasteiger partial charge in [0.05, 0.1) is 10.9 Å². The molecule has 1 aromatic carbocycles. The fourth-order valence-corrected chi connectivity index (χ4v) is 1.44. The van der Waals surface area contributed by atoms with Crippen molar-refractivity contribution < 1.29 is 13.9 Å². The molecule has 2 atom stereocenters. The van der Waals surface area contributed by atoms with Crippen molar-refractivity contribution in [1.29, 1.82) is 5.41 Å². The van der Waals surface area contributed by atoms with E-state index < -0.39 is 17.5 Å². The maximum absolute atomic E-state index is 12.8. The predicted octanol–water partition coefficient (Wildman–Crippen LogP) is 2.83. The second kappa shape index (κ2) is 7.01. The highest BCUT2D eigenvalue weighted by Crippen LogP contribution is 2.09. The molecule has 5 heteroatoms. The molecule has 1 N–H and O–H groups in total. The number of ether oxygens (including phenoxy) is 1. The standard InChI is InChI=1S/C12H13ClFNO2/c13-10(6-11(14)7-15)8-17-12(16)9-4-2-1-3-5-9/h1-5,7,10-11,15H,6,8H2/t10-,11+/m1/s1. The van der Waals surface area contributed by atoms with E-state index >= 15 is 0 Å². The number of hydrogen-bond donors (Lipinski definition) is 1. The second-order valence-electron chi connectivity index (χ2n) is 3.48. The van der Waals surface area contributed by atoms with Gasteiger partial charge in [0.15, 0.2) is 0 Å². The van der Waals surface area contributed by atoms with Gasteiger partial charge in [-0.2, -0.15) is 0 Å². The highest BCUT2D eigenvalue weighted by atomic mass is 35.5. The third-order valence-corrected chi connectivity index (χ3v) is 2.37. The molecule has 0 aliphatic rings. The smallest absolute Gasteiger partial charge is 0.338 e. The molecule has 0 saturated carbocycles. The average Bonchev–Trinajstić information content (AvgIpc) is 2.36. The quantitative estimate of drug-likeness (QED) is 0.484. The highest BCUT2D eigenvalue weighted by Gasteiger charge is 2.14. The van der Waals surface area contributed by atoms with Crippen LogP contribution < -0.4 is 0 Å². The summed E-state index contributed by atoms with van der Waals surface area (Å²) >= 11 is 5.77. The van der Waals surface area contributed by atoms with Gasteiger partial charge in [0.2, 0.25) is 0 Å². The van der Waals surface area contributed by atoms with Gasteiger partial charge >= 0.3 is 5.97 Å². The van der Waals surface area contributed by atoms with Crippen LogP contribution >= 0.6 is 11.6 Å². The number of benzene rings is 1. The van der Waals surface area contributed by atoms with E-state index in [0.29, 0.717) is 11.8 Å². The summed E-state index contributed by atoms with van der Waals surface area (Å²) in [5, 5.41) is 6.06. The van der Waals surface area contributed by atoms with Gasteiger partial charge in [-0.3, -0.25) is 0 Å². The van der Waals surface area contributed by atoms with Gasteiger partial charge in [-0.05, 0) is 12.1 Å². The van der Waals surface area contributed by atoms with Gasteiger partial charge in [-0.1, -0.05) is 18.2 Å². The van der Waals surface area contributed by atoms with Crippen LogP contribution in [0, 0.1) is 5.41 Å². The van der Waals surface area contributed by atoms with Crippen molar-refractivity contribution in [3.8, 4) is 0 Å². The summed E-state index contributed by atoms with van der Waals surface area (Å²) in [5.74, 6) is -0.485. The number of nitrogens with one attached hydrogen (secondary N) is 1. The lowest BCUT2D eigenvalue weighted by atomic mass is 10.2. The Hall–Kier alpha value is -1.42. The first-order valence-electron chi connectivity index (χ1n) is 5.14. The molecule has 0 aliphatic heterocycles. The zero-order chi connectivity index (χ0) is 12.7. The van der Waals surface area contributed by atoms with E-state index in [4.69, 9.17) is 21.7 Å². The van der Waals surface area contributed by atoms with Gasteiger partial charge in [-0.25, -0.2) is 9.18 Å². The Morgan fingerprint density at radius 2 is 2.12 bits per heavy atom. The van der Waals surface area contributed by atoms with Crippen molar-refractivity contribution in [1.82, 2.24) is 0 Å². The molecule has 0 radical (unpaired) electrons. The Morgan fingerprint density at radius 1 is 1.47 bits per heavy atom. The van der Waals surface area contributed by atoms with Crippen molar-refractivity contribution in [2.45, 2.75) is 18.0 Å². The molecule has 17 heavy (non-hydrogen) atoms. The van der Waals surface area contributed by atoms with E-state index in [1.54, 1.807) is 30.3 Å². The predicted molar refractivity (Wildman–Crippen MR) is 64.7 cm³/mol. The first kappa shape index (κ1) is 13.6. The molecule has 3 nitrogen and oxygen atoms in total. The van der Waals surface area contributed by atoms with Gasteiger partial charge in [0.1, 0.15) is 12.8 Å². The zero-order valence-corrected chi connectivity index (χ0v) is 9.86. The number of carbonyl (C=O) groups excluding carboxylic acids is 1. The summed E-state index contributed by atoms with van der Waals surface area (Å²) in [4.78, 5) is 11.5. The third-order valence-electron chi connectivity index (χ3n) is 2.07. The molecule has 0 spiro atoms. The van der Waals surface area contributed by atoms with Crippen LogP contribution in [-0.4, -0.2) is 30.3 Å². The SMILES string of the molecule is N=C[C@@H](F)C[C@@H](Cl)COC(=O)c1ccccc1. The molecule has 0 unspecified atom stereocenters. The second-order valence-corrected chi connectivity index (χ2v) is 4.10. The van der Waals surface area contributed by atoms with E-state index in [-0.39, 0.29) is 13.0 Å². The van der Waals surface area contributed by atoms with Crippen LogP contribution in [0.4, 0.5) is 4.39 Å². The van der Waals surface area contributed by atoms with E-state index in [2.05, 4.69) is 0 Å². The Morgan fingerprint density at radius 3 is 2.71 bits per heavy atom. The van der Waals surface area contributed by atoms with Crippen molar-refractivity contribution in [2.24, 2.45) is 0 Å². The molecular formula is C12H13ClFNO2. The molecule has 0 aliphatic carbocycles. The Labute approximate surface area is 104 Å². The highest BCUT2D eigenvalue weighted by molar-refractivity contribution is 6.20. The van der Waals surface area contributed by atoms with Crippen LogP contribution in [0.15, 0.2) is 30.3 Å². The molecule has 0 bridgehead atoms. The fraction of sp³-hybridized carbons (Fsp3) is 0.333. The summed E-state index contributed by atoms with van der Waals surface area (Å²) in [6.07, 6.45) is -0.755. The van der Waals surface area contributed by atoms with Crippen LogP contribution in [0.5, 0.6) is 0 Å². The van der Waals surface area contributed by atoms with Gasteiger partial charge in [0, 0.05) is 12.6 Å². The summed E-state index contributed by atoms with van der Waals surface area (Å²) in [5.41, 5.74) is 0.431. The van der Waals surface area contributed by atoms with Gasteiger partial charge in [-0.15, -0.1) is 11.6 Å². The maximum Gasteiger partial charge on any atom is 0.338 e. The van der Waals surface area contributed by atoms with Crippen molar-refractivity contribution >= 4 is 23.8 Å². The molecular weight excluding hydrogens is 245 g/mol. The van der Waals surface area contributed by atoms with E-state index in [1.807, 2.05) is 0 Å².